The summed E-state index contributed by atoms with van der Waals surface area (Å²) in [6.07, 6.45) is 2.72. The fraction of sp³-hybridized carbons (Fsp3) is 0.500. The third kappa shape index (κ3) is 4.17. The van der Waals surface area contributed by atoms with Crippen LogP contribution >= 0.6 is 0 Å². The van der Waals surface area contributed by atoms with Gasteiger partial charge < -0.3 is 5.32 Å². The molecule has 20 heavy (non-hydrogen) atoms. The summed E-state index contributed by atoms with van der Waals surface area (Å²) in [7, 11) is -2.12. The van der Waals surface area contributed by atoms with Gasteiger partial charge in [-0.25, -0.2) is 13.1 Å². The highest BCUT2D eigenvalue weighted by Gasteiger charge is 2.19. The number of nitro groups is 1. The highest BCUT2D eigenvalue weighted by atomic mass is 32.2. The number of rotatable bonds is 8. The molecule has 0 spiro atoms. The van der Waals surface area contributed by atoms with E-state index in [1.807, 2.05) is 6.92 Å². The molecule has 8 heteroatoms. The minimum atomic E-state index is -3.63. The summed E-state index contributed by atoms with van der Waals surface area (Å²) < 4.78 is 26.6. The minimum Gasteiger partial charge on any atom is -0.383 e. The number of hydrogen-bond donors (Lipinski definition) is 2. The van der Waals surface area contributed by atoms with Gasteiger partial charge in [0.25, 0.3) is 5.69 Å². The van der Waals surface area contributed by atoms with Gasteiger partial charge in [0.05, 0.1) is 9.82 Å². The maximum absolute atomic E-state index is 12.0. The zero-order valence-corrected chi connectivity index (χ0v) is 12.4. The summed E-state index contributed by atoms with van der Waals surface area (Å²) in [5.74, 6) is 0. The molecule has 0 bridgehead atoms. The van der Waals surface area contributed by atoms with E-state index in [1.54, 1.807) is 0 Å². The fourth-order valence-corrected chi connectivity index (χ4v) is 2.81. The van der Waals surface area contributed by atoms with Gasteiger partial charge in [-0.3, -0.25) is 10.1 Å². The average molecular weight is 301 g/mol. The molecule has 0 aliphatic rings. The number of nitrogens with one attached hydrogen (secondary N) is 2. The normalized spacial score (nSPS) is 11.3. The molecule has 1 aromatic carbocycles. The Bertz CT molecular complexity index is 572. The predicted octanol–water partition coefficient (Wildman–Crippen LogP) is 2.10. The summed E-state index contributed by atoms with van der Waals surface area (Å²) in [6.45, 7) is 2.39. The van der Waals surface area contributed by atoms with Gasteiger partial charge in [-0.1, -0.05) is 19.8 Å². The van der Waals surface area contributed by atoms with E-state index < -0.39 is 14.9 Å². The van der Waals surface area contributed by atoms with E-state index in [1.165, 1.54) is 25.2 Å². The highest BCUT2D eigenvalue weighted by molar-refractivity contribution is 7.89. The number of anilines is 1. The van der Waals surface area contributed by atoms with E-state index >= 15 is 0 Å². The standard InChI is InChI=1S/C12H19N3O4S/c1-3-4-5-8-14-20(18,19)10-6-7-12(15(16)17)11(9-10)13-2/h6-7,9,13-14H,3-5,8H2,1-2H3. The maximum atomic E-state index is 12.0. The molecule has 2 N–H and O–H groups in total. The summed E-state index contributed by atoms with van der Waals surface area (Å²) in [5.41, 5.74) is 0.0175. The number of benzene rings is 1. The van der Waals surface area contributed by atoms with Crippen molar-refractivity contribution in [2.75, 3.05) is 18.9 Å². The Morgan fingerprint density at radius 1 is 1.30 bits per heavy atom. The van der Waals surface area contributed by atoms with E-state index in [9.17, 15) is 18.5 Å². The lowest BCUT2D eigenvalue weighted by molar-refractivity contribution is -0.384. The van der Waals surface area contributed by atoms with Crippen molar-refractivity contribution in [3.8, 4) is 0 Å². The number of unbranched alkanes of at least 4 members (excludes halogenated alkanes) is 2. The SMILES string of the molecule is CCCCCNS(=O)(=O)c1ccc([N+](=O)[O-])c(NC)c1. The Labute approximate surface area is 118 Å². The topological polar surface area (TPSA) is 101 Å². The van der Waals surface area contributed by atoms with Crippen molar-refractivity contribution >= 4 is 21.4 Å². The van der Waals surface area contributed by atoms with Gasteiger partial charge in [0.2, 0.25) is 10.0 Å². The quantitative estimate of drug-likeness (QED) is 0.435. The van der Waals surface area contributed by atoms with Gasteiger partial charge in [0.1, 0.15) is 5.69 Å². The lowest BCUT2D eigenvalue weighted by Gasteiger charge is -2.08. The van der Waals surface area contributed by atoms with Crippen molar-refractivity contribution in [3.63, 3.8) is 0 Å². The molecule has 0 atom stereocenters. The molecule has 0 unspecified atom stereocenters. The van der Waals surface area contributed by atoms with Crippen LogP contribution in [0.15, 0.2) is 23.1 Å². The minimum absolute atomic E-state index is 0.0175. The van der Waals surface area contributed by atoms with Gasteiger partial charge in [-0.15, -0.1) is 0 Å². The van der Waals surface area contributed by atoms with Crippen LogP contribution in [0.1, 0.15) is 26.2 Å². The fourth-order valence-electron chi connectivity index (χ4n) is 1.71. The van der Waals surface area contributed by atoms with E-state index in [0.717, 1.165) is 19.3 Å². The molecule has 0 fully saturated rings. The van der Waals surface area contributed by atoms with Crippen molar-refractivity contribution in [1.29, 1.82) is 0 Å². The van der Waals surface area contributed by atoms with Crippen LogP contribution in [-0.4, -0.2) is 26.9 Å². The molecule has 7 nitrogen and oxygen atoms in total. The van der Waals surface area contributed by atoms with Crippen LogP contribution in [0.25, 0.3) is 0 Å². The zero-order chi connectivity index (χ0) is 15.2. The number of sulfonamides is 1. The lowest BCUT2D eigenvalue weighted by atomic mass is 10.3. The number of nitrogens with zero attached hydrogens (tertiary/aromatic N) is 1. The molecule has 112 valence electrons. The van der Waals surface area contributed by atoms with Gasteiger partial charge in [0, 0.05) is 19.7 Å². The first-order valence-corrected chi connectivity index (χ1v) is 7.86. The molecular weight excluding hydrogens is 282 g/mol. The van der Waals surface area contributed by atoms with Crippen molar-refractivity contribution in [3.05, 3.63) is 28.3 Å². The summed E-state index contributed by atoms with van der Waals surface area (Å²) in [6, 6.07) is 3.69. The van der Waals surface area contributed by atoms with Crippen molar-refractivity contribution in [2.45, 2.75) is 31.1 Å². The molecule has 0 aliphatic heterocycles. The second-order valence-electron chi connectivity index (χ2n) is 4.29. The largest absolute Gasteiger partial charge is 0.383 e. The summed E-state index contributed by atoms with van der Waals surface area (Å²) in [5, 5.41) is 13.4. The Kier molecular flexibility index (Phi) is 5.90. The first-order valence-electron chi connectivity index (χ1n) is 6.38. The van der Waals surface area contributed by atoms with Crippen LogP contribution in [0.2, 0.25) is 0 Å². The molecule has 1 aromatic rings. The van der Waals surface area contributed by atoms with Crippen LogP contribution < -0.4 is 10.0 Å². The van der Waals surface area contributed by atoms with Crippen molar-refractivity contribution < 1.29 is 13.3 Å². The van der Waals surface area contributed by atoms with Gasteiger partial charge in [0.15, 0.2) is 0 Å². The Balaban J connectivity index is 2.93. The molecule has 1 rings (SSSR count). The van der Waals surface area contributed by atoms with Crippen LogP contribution in [0.3, 0.4) is 0 Å². The first-order chi connectivity index (χ1) is 9.42. The average Bonchev–Trinajstić information content (AvgIpc) is 2.42. The van der Waals surface area contributed by atoms with Crippen LogP contribution in [-0.2, 0) is 10.0 Å². The molecule has 0 heterocycles. The third-order valence-corrected chi connectivity index (χ3v) is 4.28. The Hall–Kier alpha value is -1.67. The van der Waals surface area contributed by atoms with E-state index in [-0.39, 0.29) is 16.3 Å². The molecule has 0 amide bonds. The molecule has 0 saturated heterocycles. The smallest absolute Gasteiger partial charge is 0.292 e. The van der Waals surface area contributed by atoms with Crippen LogP contribution in [0.4, 0.5) is 11.4 Å². The molecular formula is C12H19N3O4S. The highest BCUT2D eigenvalue weighted by Crippen LogP contribution is 2.26. The molecule has 0 radical (unpaired) electrons. The third-order valence-electron chi connectivity index (χ3n) is 2.82. The number of hydrogen-bond acceptors (Lipinski definition) is 5. The molecule has 0 aromatic heterocycles. The summed E-state index contributed by atoms with van der Waals surface area (Å²) in [4.78, 5) is 10.2. The van der Waals surface area contributed by atoms with Gasteiger partial charge in [-0.2, -0.15) is 0 Å². The maximum Gasteiger partial charge on any atom is 0.292 e. The van der Waals surface area contributed by atoms with E-state index in [0.29, 0.717) is 6.54 Å². The van der Waals surface area contributed by atoms with E-state index in [4.69, 9.17) is 0 Å². The van der Waals surface area contributed by atoms with Crippen molar-refractivity contribution in [2.24, 2.45) is 0 Å². The van der Waals surface area contributed by atoms with Gasteiger partial charge in [-0.05, 0) is 18.6 Å². The lowest BCUT2D eigenvalue weighted by Crippen LogP contribution is -2.24. The second-order valence-corrected chi connectivity index (χ2v) is 6.06. The first kappa shape index (κ1) is 16.4. The van der Waals surface area contributed by atoms with E-state index in [2.05, 4.69) is 10.0 Å². The Morgan fingerprint density at radius 2 is 2.00 bits per heavy atom. The van der Waals surface area contributed by atoms with Crippen molar-refractivity contribution in [1.82, 2.24) is 4.72 Å². The Morgan fingerprint density at radius 3 is 2.55 bits per heavy atom. The molecule has 0 aliphatic carbocycles. The number of nitro benzene ring substituents is 1. The monoisotopic (exact) mass is 301 g/mol. The zero-order valence-electron chi connectivity index (χ0n) is 11.5. The predicted molar refractivity (Wildman–Crippen MR) is 77.4 cm³/mol. The van der Waals surface area contributed by atoms with Crippen LogP contribution in [0, 0.1) is 10.1 Å². The van der Waals surface area contributed by atoms with Gasteiger partial charge >= 0.3 is 0 Å². The summed E-state index contributed by atoms with van der Waals surface area (Å²) >= 11 is 0. The second kappa shape index (κ2) is 7.20. The molecule has 0 saturated carbocycles. The van der Waals surface area contributed by atoms with Crippen LogP contribution in [0.5, 0.6) is 0 Å².